The third kappa shape index (κ3) is 2.23. The zero-order valence-corrected chi connectivity index (χ0v) is 8.76. The van der Waals surface area contributed by atoms with E-state index in [-0.39, 0.29) is 11.4 Å². The Hall–Kier alpha value is -2.43. The molecule has 86 valence electrons. The number of hydrogen-bond acceptors (Lipinski definition) is 2. The Morgan fingerprint density at radius 3 is 2.41 bits per heavy atom. The molecule has 0 fully saturated rings. The van der Waals surface area contributed by atoms with Gasteiger partial charge in [0.2, 0.25) is 0 Å². The average Bonchev–Trinajstić information content (AvgIpc) is 2.30. The van der Waals surface area contributed by atoms with Crippen molar-refractivity contribution >= 4 is 5.91 Å². The van der Waals surface area contributed by atoms with Gasteiger partial charge >= 0.3 is 0 Å². The molecule has 2 N–H and O–H groups in total. The summed E-state index contributed by atoms with van der Waals surface area (Å²) in [5, 5.41) is 0. The van der Waals surface area contributed by atoms with Crippen LogP contribution in [0.2, 0.25) is 0 Å². The number of nitrogens with zero attached hydrogens (tertiary/aromatic N) is 1. The summed E-state index contributed by atoms with van der Waals surface area (Å²) in [6.45, 7) is 0. The molecular weight excluding hydrogens is 223 g/mol. The zero-order valence-electron chi connectivity index (χ0n) is 8.76. The fourth-order valence-corrected chi connectivity index (χ4v) is 1.44. The van der Waals surface area contributed by atoms with E-state index < -0.39 is 11.3 Å². The molecule has 0 unspecified atom stereocenters. The van der Waals surface area contributed by atoms with Gasteiger partial charge in [0.25, 0.3) is 5.91 Å². The van der Waals surface area contributed by atoms with Crippen LogP contribution in [0.1, 0.15) is 10.4 Å². The second-order valence-electron chi connectivity index (χ2n) is 3.47. The van der Waals surface area contributed by atoms with E-state index in [4.69, 9.17) is 5.73 Å². The highest BCUT2D eigenvalue weighted by Crippen LogP contribution is 2.08. The monoisotopic (exact) mass is 232 g/mol. The van der Waals surface area contributed by atoms with Crippen LogP contribution in [0.25, 0.3) is 5.69 Å². The van der Waals surface area contributed by atoms with E-state index in [1.54, 1.807) is 0 Å². The number of carbonyl (C=O) groups is 1. The van der Waals surface area contributed by atoms with Gasteiger partial charge in [0, 0.05) is 24.1 Å². The molecule has 4 nitrogen and oxygen atoms in total. The molecule has 2 aromatic rings. The Kier molecular flexibility index (Phi) is 2.74. The lowest BCUT2D eigenvalue weighted by Gasteiger charge is -2.06. The molecule has 5 heteroatoms. The lowest BCUT2D eigenvalue weighted by Crippen LogP contribution is -2.22. The van der Waals surface area contributed by atoms with Crippen molar-refractivity contribution in [3.63, 3.8) is 0 Å². The van der Waals surface area contributed by atoms with E-state index in [0.717, 1.165) is 0 Å². The molecule has 0 atom stereocenters. The van der Waals surface area contributed by atoms with E-state index in [1.807, 2.05) is 0 Å². The normalized spacial score (nSPS) is 10.2. The number of primary amides is 1. The van der Waals surface area contributed by atoms with Crippen molar-refractivity contribution in [1.82, 2.24) is 4.57 Å². The lowest BCUT2D eigenvalue weighted by molar-refractivity contribution is 0.0998. The summed E-state index contributed by atoms with van der Waals surface area (Å²) in [5.74, 6) is -1.14. The van der Waals surface area contributed by atoms with Gasteiger partial charge in [0.05, 0.1) is 0 Å². The van der Waals surface area contributed by atoms with E-state index in [9.17, 15) is 14.0 Å². The predicted molar refractivity (Wildman–Crippen MR) is 60.5 cm³/mol. The third-order valence-electron chi connectivity index (χ3n) is 2.31. The second-order valence-corrected chi connectivity index (χ2v) is 3.47. The molecule has 0 aliphatic rings. The fraction of sp³-hybridized carbons (Fsp3) is 0. The quantitative estimate of drug-likeness (QED) is 0.841. The van der Waals surface area contributed by atoms with Crippen molar-refractivity contribution in [3.8, 4) is 5.69 Å². The Balaban J connectivity index is 2.53. The number of halogens is 1. The highest BCUT2D eigenvalue weighted by molar-refractivity contribution is 5.92. The minimum Gasteiger partial charge on any atom is -0.365 e. The standard InChI is InChI=1S/C12H9FN2O2/c13-8-1-3-9(4-2-8)15-6-5-11(16)10(7-15)12(14)17/h1-7H,(H2,14,17). The average molecular weight is 232 g/mol. The van der Waals surface area contributed by atoms with Crippen molar-refractivity contribution in [1.29, 1.82) is 0 Å². The summed E-state index contributed by atoms with van der Waals surface area (Å²) < 4.78 is 14.3. The van der Waals surface area contributed by atoms with Crippen LogP contribution in [0.5, 0.6) is 0 Å². The molecule has 1 aromatic heterocycles. The van der Waals surface area contributed by atoms with Crippen LogP contribution in [0.4, 0.5) is 4.39 Å². The van der Waals surface area contributed by atoms with Gasteiger partial charge in [0.1, 0.15) is 11.4 Å². The maximum atomic E-state index is 12.7. The van der Waals surface area contributed by atoms with E-state index >= 15 is 0 Å². The number of pyridine rings is 1. The maximum Gasteiger partial charge on any atom is 0.254 e. The van der Waals surface area contributed by atoms with Gasteiger partial charge in [-0.25, -0.2) is 4.39 Å². The number of hydrogen-bond donors (Lipinski definition) is 1. The number of aromatic nitrogens is 1. The van der Waals surface area contributed by atoms with Crippen LogP contribution in [0, 0.1) is 5.82 Å². The van der Waals surface area contributed by atoms with Crippen molar-refractivity contribution in [2.45, 2.75) is 0 Å². The molecule has 0 saturated carbocycles. The molecule has 0 spiro atoms. The molecular formula is C12H9FN2O2. The molecule has 0 aliphatic heterocycles. The summed E-state index contributed by atoms with van der Waals surface area (Å²) in [6, 6.07) is 6.88. The summed E-state index contributed by atoms with van der Waals surface area (Å²) in [5.41, 5.74) is 5.17. The minimum atomic E-state index is -0.786. The molecule has 17 heavy (non-hydrogen) atoms. The molecule has 0 radical (unpaired) electrons. The third-order valence-corrected chi connectivity index (χ3v) is 2.31. The van der Waals surface area contributed by atoms with E-state index in [0.29, 0.717) is 5.69 Å². The van der Waals surface area contributed by atoms with Gasteiger partial charge in [-0.3, -0.25) is 9.59 Å². The molecule has 0 saturated heterocycles. The first-order chi connectivity index (χ1) is 8.08. The Labute approximate surface area is 96.1 Å². The molecule has 1 heterocycles. The van der Waals surface area contributed by atoms with Crippen LogP contribution in [0.3, 0.4) is 0 Å². The minimum absolute atomic E-state index is 0.100. The first-order valence-electron chi connectivity index (χ1n) is 4.86. The van der Waals surface area contributed by atoms with Crippen LogP contribution >= 0.6 is 0 Å². The van der Waals surface area contributed by atoms with Gasteiger partial charge in [-0.05, 0) is 24.3 Å². The second kappa shape index (κ2) is 4.21. The number of rotatable bonds is 2. The predicted octanol–water partition coefficient (Wildman–Crippen LogP) is 1.08. The van der Waals surface area contributed by atoms with E-state index in [2.05, 4.69) is 0 Å². The Morgan fingerprint density at radius 2 is 1.82 bits per heavy atom. The smallest absolute Gasteiger partial charge is 0.254 e. The number of amides is 1. The van der Waals surface area contributed by atoms with Gasteiger partial charge < -0.3 is 10.3 Å². The SMILES string of the molecule is NC(=O)c1cn(-c2ccc(F)cc2)ccc1=O. The molecule has 1 amide bonds. The molecule has 1 aromatic carbocycles. The lowest BCUT2D eigenvalue weighted by atomic mass is 10.2. The molecule has 0 bridgehead atoms. The van der Waals surface area contributed by atoms with Crippen molar-refractivity contribution in [2.75, 3.05) is 0 Å². The number of benzene rings is 1. The Bertz CT molecular complexity index is 617. The van der Waals surface area contributed by atoms with Crippen molar-refractivity contribution in [2.24, 2.45) is 5.73 Å². The topological polar surface area (TPSA) is 65.1 Å². The first kappa shape index (κ1) is 11.1. The van der Waals surface area contributed by atoms with E-state index in [1.165, 1.54) is 47.3 Å². The number of carbonyl (C=O) groups excluding carboxylic acids is 1. The van der Waals surface area contributed by atoms with Crippen LogP contribution in [0.15, 0.2) is 47.5 Å². The Morgan fingerprint density at radius 1 is 1.18 bits per heavy atom. The van der Waals surface area contributed by atoms with Crippen molar-refractivity contribution < 1.29 is 9.18 Å². The number of nitrogens with two attached hydrogens (primary N) is 1. The van der Waals surface area contributed by atoms with Crippen LogP contribution in [-0.2, 0) is 0 Å². The summed E-state index contributed by atoms with van der Waals surface area (Å²) in [7, 11) is 0. The van der Waals surface area contributed by atoms with Gasteiger partial charge in [-0.2, -0.15) is 0 Å². The highest BCUT2D eigenvalue weighted by atomic mass is 19.1. The van der Waals surface area contributed by atoms with Gasteiger partial charge in [0.15, 0.2) is 5.43 Å². The van der Waals surface area contributed by atoms with Crippen LogP contribution < -0.4 is 11.2 Å². The van der Waals surface area contributed by atoms with Gasteiger partial charge in [-0.15, -0.1) is 0 Å². The maximum absolute atomic E-state index is 12.7. The van der Waals surface area contributed by atoms with Crippen molar-refractivity contribution in [3.05, 3.63) is 64.3 Å². The largest absolute Gasteiger partial charge is 0.365 e. The molecule has 2 rings (SSSR count). The summed E-state index contributed by atoms with van der Waals surface area (Å²) >= 11 is 0. The highest BCUT2D eigenvalue weighted by Gasteiger charge is 2.06. The van der Waals surface area contributed by atoms with Crippen LogP contribution in [-0.4, -0.2) is 10.5 Å². The summed E-state index contributed by atoms with van der Waals surface area (Å²) in [4.78, 5) is 22.3. The zero-order chi connectivity index (χ0) is 12.4. The molecule has 0 aliphatic carbocycles. The fourth-order valence-electron chi connectivity index (χ4n) is 1.44. The summed E-state index contributed by atoms with van der Waals surface area (Å²) in [6.07, 6.45) is 2.82. The first-order valence-corrected chi connectivity index (χ1v) is 4.86. The van der Waals surface area contributed by atoms with Gasteiger partial charge in [-0.1, -0.05) is 0 Å².